The fourth-order valence-corrected chi connectivity index (χ4v) is 2.74. The average Bonchev–Trinajstić information content (AvgIpc) is 2.84. The van der Waals surface area contributed by atoms with E-state index in [0.717, 1.165) is 24.5 Å². The van der Waals surface area contributed by atoms with Crippen LogP contribution in [0.3, 0.4) is 0 Å². The van der Waals surface area contributed by atoms with Crippen LogP contribution >= 0.6 is 22.6 Å². The van der Waals surface area contributed by atoms with Gasteiger partial charge in [-0.05, 0) is 40.3 Å². The SMILES string of the molecule is O=C1N=C(N2CCOCC2)CN1Cc1ccc(I)cc1. The van der Waals surface area contributed by atoms with Crippen LogP contribution in [-0.2, 0) is 11.3 Å². The summed E-state index contributed by atoms with van der Waals surface area (Å²) in [6, 6.07) is 8.09. The number of benzene rings is 1. The molecule has 3 rings (SSSR count). The molecule has 0 aliphatic carbocycles. The lowest BCUT2D eigenvalue weighted by molar-refractivity contribution is 0.0673. The first-order valence-corrected chi connectivity index (χ1v) is 7.74. The van der Waals surface area contributed by atoms with Crippen molar-refractivity contribution in [2.75, 3.05) is 32.8 Å². The number of hydrogen-bond acceptors (Lipinski definition) is 3. The molecule has 1 saturated heterocycles. The van der Waals surface area contributed by atoms with E-state index in [9.17, 15) is 4.79 Å². The standard InChI is InChI=1S/C14H16IN3O2/c15-12-3-1-11(2-4-12)9-18-10-13(16-14(18)19)17-5-7-20-8-6-17/h1-4H,5-10H2. The molecule has 0 atom stereocenters. The van der Waals surface area contributed by atoms with Gasteiger partial charge in [0.2, 0.25) is 0 Å². The summed E-state index contributed by atoms with van der Waals surface area (Å²) in [6.45, 7) is 4.29. The Bertz CT molecular complexity index is 524. The van der Waals surface area contributed by atoms with Crippen molar-refractivity contribution in [3.8, 4) is 0 Å². The molecule has 1 aromatic carbocycles. The molecule has 2 amide bonds. The first kappa shape index (κ1) is 13.8. The largest absolute Gasteiger partial charge is 0.378 e. The molecule has 2 aliphatic rings. The smallest absolute Gasteiger partial charge is 0.345 e. The molecule has 0 bridgehead atoms. The average molecular weight is 385 g/mol. The van der Waals surface area contributed by atoms with Gasteiger partial charge in [0.1, 0.15) is 5.84 Å². The number of urea groups is 1. The molecule has 5 nitrogen and oxygen atoms in total. The van der Waals surface area contributed by atoms with Crippen LogP contribution in [-0.4, -0.2) is 54.5 Å². The minimum absolute atomic E-state index is 0.134. The van der Waals surface area contributed by atoms with E-state index in [-0.39, 0.29) is 6.03 Å². The van der Waals surface area contributed by atoms with E-state index in [0.29, 0.717) is 26.3 Å². The van der Waals surface area contributed by atoms with E-state index < -0.39 is 0 Å². The Morgan fingerprint density at radius 1 is 1.20 bits per heavy atom. The van der Waals surface area contributed by atoms with Crippen LogP contribution in [0.2, 0.25) is 0 Å². The Morgan fingerprint density at radius 2 is 1.90 bits per heavy atom. The highest BCUT2D eigenvalue weighted by Gasteiger charge is 2.27. The summed E-state index contributed by atoms with van der Waals surface area (Å²) in [4.78, 5) is 20.1. The molecule has 0 radical (unpaired) electrons. The van der Waals surface area contributed by atoms with E-state index in [1.165, 1.54) is 3.57 Å². The predicted octanol–water partition coefficient (Wildman–Crippen LogP) is 1.96. The third-order valence-corrected chi connectivity index (χ3v) is 4.21. The van der Waals surface area contributed by atoms with Crippen molar-refractivity contribution in [1.29, 1.82) is 0 Å². The third kappa shape index (κ3) is 3.12. The van der Waals surface area contributed by atoms with Crippen molar-refractivity contribution in [2.24, 2.45) is 4.99 Å². The van der Waals surface area contributed by atoms with Crippen LogP contribution in [0, 0.1) is 3.57 Å². The highest BCUT2D eigenvalue weighted by molar-refractivity contribution is 14.1. The summed E-state index contributed by atoms with van der Waals surface area (Å²) in [6.07, 6.45) is 0. The zero-order chi connectivity index (χ0) is 13.9. The number of carbonyl (C=O) groups excluding carboxylic acids is 1. The van der Waals surface area contributed by atoms with Crippen molar-refractivity contribution in [2.45, 2.75) is 6.54 Å². The molecule has 2 heterocycles. The maximum absolute atomic E-state index is 12.0. The monoisotopic (exact) mass is 385 g/mol. The fourth-order valence-electron chi connectivity index (χ4n) is 2.38. The summed E-state index contributed by atoms with van der Waals surface area (Å²) in [5.41, 5.74) is 1.14. The van der Waals surface area contributed by atoms with E-state index in [1.54, 1.807) is 4.90 Å². The summed E-state index contributed by atoms with van der Waals surface area (Å²) in [7, 11) is 0. The topological polar surface area (TPSA) is 45.1 Å². The van der Waals surface area contributed by atoms with Crippen molar-refractivity contribution < 1.29 is 9.53 Å². The van der Waals surface area contributed by atoms with Crippen LogP contribution < -0.4 is 0 Å². The molecule has 0 saturated carbocycles. The number of rotatable bonds is 2. The van der Waals surface area contributed by atoms with Gasteiger partial charge in [-0.1, -0.05) is 12.1 Å². The summed E-state index contributed by atoms with van der Waals surface area (Å²) in [5.74, 6) is 0.879. The normalized spacial score (nSPS) is 19.4. The van der Waals surface area contributed by atoms with Gasteiger partial charge in [-0.2, -0.15) is 4.99 Å². The van der Waals surface area contributed by atoms with Crippen LogP contribution in [0.15, 0.2) is 29.3 Å². The van der Waals surface area contributed by atoms with Crippen LogP contribution in [0.5, 0.6) is 0 Å². The zero-order valence-corrected chi connectivity index (χ0v) is 13.2. The number of amidine groups is 1. The summed E-state index contributed by atoms with van der Waals surface area (Å²) >= 11 is 2.28. The molecule has 1 fully saturated rings. The Hall–Kier alpha value is -1.15. The number of carbonyl (C=O) groups is 1. The lowest BCUT2D eigenvalue weighted by Gasteiger charge is -2.28. The van der Waals surface area contributed by atoms with E-state index in [2.05, 4.69) is 56.7 Å². The van der Waals surface area contributed by atoms with E-state index in [4.69, 9.17) is 4.74 Å². The Balaban J connectivity index is 1.63. The van der Waals surface area contributed by atoms with Gasteiger partial charge < -0.3 is 14.5 Å². The Labute approximate surface area is 131 Å². The molecule has 1 aromatic rings. The van der Waals surface area contributed by atoms with Gasteiger partial charge in [0.15, 0.2) is 0 Å². The van der Waals surface area contributed by atoms with Gasteiger partial charge in [0.05, 0.1) is 19.8 Å². The second-order valence-corrected chi connectivity index (χ2v) is 6.14. The number of hydrogen-bond donors (Lipinski definition) is 0. The second kappa shape index (κ2) is 6.09. The number of ether oxygens (including phenoxy) is 1. The minimum atomic E-state index is -0.134. The quantitative estimate of drug-likeness (QED) is 0.732. The van der Waals surface area contributed by atoms with Gasteiger partial charge in [-0.15, -0.1) is 0 Å². The Kier molecular flexibility index (Phi) is 4.21. The van der Waals surface area contributed by atoms with Crippen molar-refractivity contribution in [1.82, 2.24) is 9.80 Å². The van der Waals surface area contributed by atoms with Crippen LogP contribution in [0.4, 0.5) is 4.79 Å². The van der Waals surface area contributed by atoms with Crippen LogP contribution in [0.25, 0.3) is 0 Å². The molecule has 0 N–H and O–H groups in total. The number of aliphatic imine (C=N–C) groups is 1. The predicted molar refractivity (Wildman–Crippen MR) is 84.8 cm³/mol. The lowest BCUT2D eigenvalue weighted by atomic mass is 10.2. The van der Waals surface area contributed by atoms with E-state index >= 15 is 0 Å². The van der Waals surface area contributed by atoms with E-state index in [1.807, 2.05) is 0 Å². The van der Waals surface area contributed by atoms with Crippen molar-refractivity contribution in [3.05, 3.63) is 33.4 Å². The molecule has 106 valence electrons. The molecular weight excluding hydrogens is 369 g/mol. The minimum Gasteiger partial charge on any atom is -0.378 e. The number of halogens is 1. The zero-order valence-electron chi connectivity index (χ0n) is 11.1. The highest BCUT2D eigenvalue weighted by atomic mass is 127. The first-order chi connectivity index (χ1) is 9.72. The third-order valence-electron chi connectivity index (χ3n) is 3.49. The van der Waals surface area contributed by atoms with Gasteiger partial charge >= 0.3 is 6.03 Å². The molecular formula is C14H16IN3O2. The van der Waals surface area contributed by atoms with Gasteiger partial charge in [0.25, 0.3) is 0 Å². The number of nitrogens with zero attached hydrogens (tertiary/aromatic N) is 3. The summed E-state index contributed by atoms with van der Waals surface area (Å²) in [5, 5.41) is 0. The number of morpholine rings is 1. The molecule has 2 aliphatic heterocycles. The van der Waals surface area contributed by atoms with Crippen molar-refractivity contribution >= 4 is 34.5 Å². The maximum Gasteiger partial charge on any atom is 0.345 e. The molecule has 6 heteroatoms. The molecule has 0 unspecified atom stereocenters. The van der Waals surface area contributed by atoms with Gasteiger partial charge in [-0.25, -0.2) is 4.79 Å². The fraction of sp³-hybridized carbons (Fsp3) is 0.429. The lowest BCUT2D eigenvalue weighted by Crippen LogP contribution is -2.42. The van der Waals surface area contributed by atoms with Crippen molar-refractivity contribution in [3.63, 3.8) is 0 Å². The van der Waals surface area contributed by atoms with Crippen LogP contribution in [0.1, 0.15) is 5.56 Å². The maximum atomic E-state index is 12.0. The van der Waals surface area contributed by atoms with Gasteiger partial charge in [0, 0.05) is 23.2 Å². The molecule has 0 spiro atoms. The summed E-state index contributed by atoms with van der Waals surface area (Å²) < 4.78 is 6.52. The van der Waals surface area contributed by atoms with Gasteiger partial charge in [-0.3, -0.25) is 0 Å². The number of amides is 2. The first-order valence-electron chi connectivity index (χ1n) is 6.66. The second-order valence-electron chi connectivity index (χ2n) is 4.89. The molecule has 20 heavy (non-hydrogen) atoms. The molecule has 0 aromatic heterocycles. The highest BCUT2D eigenvalue weighted by Crippen LogP contribution is 2.15. The Morgan fingerprint density at radius 3 is 2.60 bits per heavy atom.